The Hall–Kier alpha value is -2.02. The fourth-order valence-electron chi connectivity index (χ4n) is 2.38. The average molecular weight is 381 g/mol. The first-order chi connectivity index (χ1) is 12.3. The highest BCUT2D eigenvalue weighted by Crippen LogP contribution is 2.16. The standard InChI is InChI=1S/C19H28N2O4S/c1-5-6-15(4)20-17(22)10-25-19(24)12-26-11-18(23)21-16-8-7-13(2)9-14(16)3/h7-9,15H,5-6,10-12H2,1-4H3,(H,20,22)(H,21,23)/t15-/m0/s1. The van der Waals surface area contributed by atoms with Gasteiger partial charge in [-0.05, 0) is 38.8 Å². The maximum absolute atomic E-state index is 11.9. The van der Waals surface area contributed by atoms with Crippen molar-refractivity contribution in [3.63, 3.8) is 0 Å². The molecule has 0 heterocycles. The molecule has 1 aromatic carbocycles. The molecule has 1 aromatic rings. The Kier molecular flexibility index (Phi) is 9.80. The average Bonchev–Trinajstić information content (AvgIpc) is 2.56. The highest BCUT2D eigenvalue weighted by molar-refractivity contribution is 8.00. The molecule has 26 heavy (non-hydrogen) atoms. The van der Waals surface area contributed by atoms with Crippen LogP contribution in [0.3, 0.4) is 0 Å². The molecule has 0 saturated carbocycles. The van der Waals surface area contributed by atoms with Gasteiger partial charge >= 0.3 is 5.97 Å². The van der Waals surface area contributed by atoms with Crippen molar-refractivity contribution < 1.29 is 19.1 Å². The summed E-state index contributed by atoms with van der Waals surface area (Å²) < 4.78 is 4.91. The molecule has 2 amide bonds. The van der Waals surface area contributed by atoms with Crippen LogP contribution in [0.4, 0.5) is 5.69 Å². The molecule has 1 rings (SSSR count). The molecule has 0 aliphatic heterocycles. The zero-order chi connectivity index (χ0) is 19.5. The topological polar surface area (TPSA) is 84.5 Å². The number of ether oxygens (including phenoxy) is 1. The molecule has 6 nitrogen and oxygen atoms in total. The molecular weight excluding hydrogens is 352 g/mol. The Balaban J connectivity index is 2.22. The van der Waals surface area contributed by atoms with E-state index in [0.29, 0.717) is 0 Å². The summed E-state index contributed by atoms with van der Waals surface area (Å²) in [5.74, 6) is -0.828. The number of amides is 2. The maximum Gasteiger partial charge on any atom is 0.316 e. The van der Waals surface area contributed by atoms with Gasteiger partial charge in [-0.25, -0.2) is 0 Å². The van der Waals surface area contributed by atoms with Crippen LogP contribution in [0.5, 0.6) is 0 Å². The Morgan fingerprint density at radius 1 is 1.15 bits per heavy atom. The van der Waals surface area contributed by atoms with Crippen molar-refractivity contribution in [2.75, 3.05) is 23.4 Å². The van der Waals surface area contributed by atoms with Gasteiger partial charge in [0.05, 0.1) is 11.5 Å². The van der Waals surface area contributed by atoms with Crippen LogP contribution in [-0.4, -0.2) is 41.9 Å². The van der Waals surface area contributed by atoms with Crippen LogP contribution in [-0.2, 0) is 19.1 Å². The lowest BCUT2D eigenvalue weighted by Crippen LogP contribution is -2.35. The number of anilines is 1. The largest absolute Gasteiger partial charge is 0.455 e. The number of aryl methyl sites for hydroxylation is 2. The van der Waals surface area contributed by atoms with Gasteiger partial charge in [0, 0.05) is 11.7 Å². The Morgan fingerprint density at radius 3 is 2.54 bits per heavy atom. The van der Waals surface area contributed by atoms with Gasteiger partial charge in [0.15, 0.2) is 6.61 Å². The molecule has 0 fully saturated rings. The third-order valence-electron chi connectivity index (χ3n) is 3.60. The van der Waals surface area contributed by atoms with Crippen molar-refractivity contribution >= 4 is 35.2 Å². The minimum atomic E-state index is -0.507. The van der Waals surface area contributed by atoms with E-state index in [0.717, 1.165) is 41.4 Å². The molecule has 0 saturated heterocycles. The number of carbonyl (C=O) groups excluding carboxylic acids is 3. The van der Waals surface area contributed by atoms with Crippen molar-refractivity contribution in [1.82, 2.24) is 5.32 Å². The first-order valence-corrected chi connectivity index (χ1v) is 9.87. The predicted molar refractivity (Wildman–Crippen MR) is 105 cm³/mol. The molecule has 0 bridgehead atoms. The molecule has 1 atom stereocenters. The first kappa shape index (κ1) is 22.0. The fourth-order valence-corrected chi connectivity index (χ4v) is 2.99. The molecule has 0 aliphatic rings. The normalized spacial score (nSPS) is 11.5. The van der Waals surface area contributed by atoms with E-state index in [1.807, 2.05) is 45.9 Å². The summed E-state index contributed by atoms with van der Waals surface area (Å²) in [4.78, 5) is 35.2. The lowest BCUT2D eigenvalue weighted by molar-refractivity contribution is -0.146. The van der Waals surface area contributed by atoms with Gasteiger partial charge < -0.3 is 15.4 Å². The Morgan fingerprint density at radius 2 is 1.88 bits per heavy atom. The van der Waals surface area contributed by atoms with Crippen LogP contribution >= 0.6 is 11.8 Å². The van der Waals surface area contributed by atoms with Gasteiger partial charge in [0.1, 0.15) is 0 Å². The fraction of sp³-hybridized carbons (Fsp3) is 0.526. The van der Waals surface area contributed by atoms with E-state index in [-0.39, 0.29) is 36.0 Å². The smallest absolute Gasteiger partial charge is 0.316 e. The van der Waals surface area contributed by atoms with E-state index in [4.69, 9.17) is 4.74 Å². The lowest BCUT2D eigenvalue weighted by atomic mass is 10.1. The quantitative estimate of drug-likeness (QED) is 0.610. The second-order valence-electron chi connectivity index (χ2n) is 6.28. The molecule has 7 heteroatoms. The summed E-state index contributed by atoms with van der Waals surface area (Å²) in [5.41, 5.74) is 2.89. The summed E-state index contributed by atoms with van der Waals surface area (Å²) >= 11 is 1.15. The number of benzene rings is 1. The van der Waals surface area contributed by atoms with Gasteiger partial charge in [-0.15, -0.1) is 11.8 Å². The first-order valence-electron chi connectivity index (χ1n) is 8.71. The summed E-state index contributed by atoms with van der Waals surface area (Å²) in [5, 5.41) is 5.58. The number of esters is 1. The van der Waals surface area contributed by atoms with Crippen LogP contribution in [0, 0.1) is 13.8 Å². The highest BCUT2D eigenvalue weighted by Gasteiger charge is 2.11. The SMILES string of the molecule is CCC[C@H](C)NC(=O)COC(=O)CSCC(=O)Nc1ccc(C)cc1C. The molecule has 0 unspecified atom stereocenters. The van der Waals surface area contributed by atoms with E-state index in [2.05, 4.69) is 10.6 Å². The van der Waals surface area contributed by atoms with Crippen LogP contribution in [0.25, 0.3) is 0 Å². The highest BCUT2D eigenvalue weighted by atomic mass is 32.2. The van der Waals surface area contributed by atoms with E-state index in [1.165, 1.54) is 0 Å². The Labute approximate surface area is 159 Å². The number of hydrogen-bond donors (Lipinski definition) is 2. The van der Waals surface area contributed by atoms with E-state index < -0.39 is 5.97 Å². The third-order valence-corrected chi connectivity index (χ3v) is 4.51. The second-order valence-corrected chi connectivity index (χ2v) is 7.26. The molecular formula is C19H28N2O4S. The molecule has 0 spiro atoms. The maximum atomic E-state index is 11.9. The van der Waals surface area contributed by atoms with E-state index >= 15 is 0 Å². The lowest BCUT2D eigenvalue weighted by Gasteiger charge is -2.12. The van der Waals surface area contributed by atoms with E-state index in [9.17, 15) is 14.4 Å². The number of nitrogens with one attached hydrogen (secondary N) is 2. The zero-order valence-electron chi connectivity index (χ0n) is 15.9. The number of carbonyl (C=O) groups is 3. The van der Waals surface area contributed by atoms with Crippen LogP contribution in [0.1, 0.15) is 37.8 Å². The molecule has 0 radical (unpaired) electrons. The van der Waals surface area contributed by atoms with Crippen molar-refractivity contribution in [2.45, 2.75) is 46.6 Å². The molecule has 2 N–H and O–H groups in total. The van der Waals surface area contributed by atoms with Gasteiger partial charge in [0.25, 0.3) is 5.91 Å². The number of rotatable bonds is 10. The monoisotopic (exact) mass is 380 g/mol. The van der Waals surface area contributed by atoms with Crippen molar-refractivity contribution in [3.05, 3.63) is 29.3 Å². The van der Waals surface area contributed by atoms with E-state index in [1.54, 1.807) is 0 Å². The van der Waals surface area contributed by atoms with Gasteiger partial charge in [-0.1, -0.05) is 31.0 Å². The molecule has 0 aromatic heterocycles. The second kappa shape index (κ2) is 11.6. The van der Waals surface area contributed by atoms with Gasteiger partial charge in [-0.2, -0.15) is 0 Å². The minimum Gasteiger partial charge on any atom is -0.455 e. The van der Waals surface area contributed by atoms with Crippen LogP contribution in [0.15, 0.2) is 18.2 Å². The van der Waals surface area contributed by atoms with Crippen molar-refractivity contribution in [3.8, 4) is 0 Å². The minimum absolute atomic E-state index is 0.0259. The predicted octanol–water partition coefficient (Wildman–Crippen LogP) is 2.82. The van der Waals surface area contributed by atoms with Crippen molar-refractivity contribution in [1.29, 1.82) is 0 Å². The third kappa shape index (κ3) is 8.89. The van der Waals surface area contributed by atoms with Crippen molar-refractivity contribution in [2.24, 2.45) is 0 Å². The summed E-state index contributed by atoms with van der Waals surface area (Å²) in [6.45, 7) is 7.58. The number of hydrogen-bond acceptors (Lipinski definition) is 5. The molecule has 144 valence electrons. The summed E-state index contributed by atoms with van der Waals surface area (Å²) in [6.07, 6.45) is 1.85. The summed E-state index contributed by atoms with van der Waals surface area (Å²) in [6, 6.07) is 5.85. The van der Waals surface area contributed by atoms with Crippen LogP contribution in [0.2, 0.25) is 0 Å². The summed E-state index contributed by atoms with van der Waals surface area (Å²) in [7, 11) is 0. The Bertz CT molecular complexity index is 634. The molecule has 0 aliphatic carbocycles. The van der Waals surface area contributed by atoms with Crippen LogP contribution < -0.4 is 10.6 Å². The van der Waals surface area contributed by atoms with Gasteiger partial charge in [0.2, 0.25) is 5.91 Å². The van der Waals surface area contributed by atoms with Gasteiger partial charge in [-0.3, -0.25) is 14.4 Å². The zero-order valence-corrected chi connectivity index (χ0v) is 16.7. The number of thioether (sulfide) groups is 1.